The fourth-order valence-corrected chi connectivity index (χ4v) is 5.04. The number of aliphatic carboxylic acids is 1. The van der Waals surface area contributed by atoms with Gasteiger partial charge in [-0.25, -0.2) is 4.39 Å². The van der Waals surface area contributed by atoms with Crippen LogP contribution in [0.5, 0.6) is 0 Å². The van der Waals surface area contributed by atoms with Gasteiger partial charge in [0.2, 0.25) is 0 Å². The van der Waals surface area contributed by atoms with Crippen LogP contribution < -0.4 is 0 Å². The number of aromatic nitrogens is 1. The van der Waals surface area contributed by atoms with Gasteiger partial charge >= 0.3 is 5.97 Å². The van der Waals surface area contributed by atoms with Crippen LogP contribution in [-0.2, 0) is 11.3 Å². The van der Waals surface area contributed by atoms with Crippen LogP contribution >= 0.6 is 23.4 Å². The molecule has 150 valence electrons. The lowest BCUT2D eigenvalue weighted by Gasteiger charge is -2.25. The Morgan fingerprint density at radius 1 is 1.28 bits per heavy atom. The highest BCUT2D eigenvalue weighted by molar-refractivity contribution is 7.98. The maximum absolute atomic E-state index is 14.3. The molecule has 4 nitrogen and oxygen atoms in total. The SMILES string of the molecule is CSc1cc(F)cc2c1c(C(=O)c1ccc(Cl)cc1)c1n2CCC[C@@H]1CC(=O)O. The highest BCUT2D eigenvalue weighted by atomic mass is 35.5. The molecule has 7 heteroatoms. The molecular weight excluding hydrogens is 413 g/mol. The Morgan fingerprint density at radius 3 is 2.66 bits per heavy atom. The molecule has 1 aromatic heterocycles. The Bertz CT molecular complexity index is 1120. The number of thioether (sulfide) groups is 1. The third kappa shape index (κ3) is 3.55. The van der Waals surface area contributed by atoms with E-state index in [1.807, 2.05) is 10.8 Å². The molecule has 1 aliphatic rings. The Labute approximate surface area is 176 Å². The minimum atomic E-state index is -0.908. The molecule has 0 bridgehead atoms. The number of halogens is 2. The van der Waals surface area contributed by atoms with Crippen LogP contribution in [0.15, 0.2) is 41.3 Å². The number of carboxylic acid groups (broad SMARTS) is 1. The molecule has 0 radical (unpaired) electrons. The Balaban J connectivity index is 2.04. The van der Waals surface area contributed by atoms with Gasteiger partial charge in [-0.2, -0.15) is 0 Å². The summed E-state index contributed by atoms with van der Waals surface area (Å²) in [6.45, 7) is 0.632. The Kier molecular flexibility index (Phi) is 5.40. The normalized spacial score (nSPS) is 16.0. The van der Waals surface area contributed by atoms with Crippen molar-refractivity contribution in [2.75, 3.05) is 6.26 Å². The number of hydrogen-bond donors (Lipinski definition) is 1. The fraction of sp³-hybridized carbons (Fsp3) is 0.273. The quantitative estimate of drug-likeness (QED) is 0.413. The van der Waals surface area contributed by atoms with E-state index in [9.17, 15) is 19.1 Å². The van der Waals surface area contributed by atoms with E-state index >= 15 is 0 Å². The average Bonchev–Trinajstić information content (AvgIpc) is 3.02. The van der Waals surface area contributed by atoms with E-state index < -0.39 is 5.97 Å². The lowest BCUT2D eigenvalue weighted by Crippen LogP contribution is -2.20. The molecule has 1 N–H and O–H groups in total. The summed E-state index contributed by atoms with van der Waals surface area (Å²) in [6, 6.07) is 9.52. The zero-order chi connectivity index (χ0) is 20.7. The lowest BCUT2D eigenvalue weighted by atomic mass is 9.87. The van der Waals surface area contributed by atoms with Crippen molar-refractivity contribution in [2.45, 2.75) is 36.6 Å². The minimum absolute atomic E-state index is 0.0612. The number of aryl methyl sites for hydroxylation is 1. The molecule has 0 saturated heterocycles. The molecule has 1 aliphatic heterocycles. The number of fused-ring (bicyclic) bond motifs is 3. The van der Waals surface area contributed by atoms with Crippen LogP contribution in [-0.4, -0.2) is 27.7 Å². The predicted molar refractivity (Wildman–Crippen MR) is 113 cm³/mol. The van der Waals surface area contributed by atoms with Crippen molar-refractivity contribution in [3.8, 4) is 0 Å². The molecule has 2 heterocycles. The molecule has 0 amide bonds. The van der Waals surface area contributed by atoms with Gasteiger partial charge in [-0.15, -0.1) is 11.8 Å². The summed E-state index contributed by atoms with van der Waals surface area (Å²) in [5, 5.41) is 10.6. The zero-order valence-electron chi connectivity index (χ0n) is 15.7. The number of benzene rings is 2. The van der Waals surface area contributed by atoms with Gasteiger partial charge in [-0.05, 0) is 55.5 Å². The van der Waals surface area contributed by atoms with Crippen molar-refractivity contribution in [1.29, 1.82) is 0 Å². The van der Waals surface area contributed by atoms with Crippen LogP contribution in [0, 0.1) is 5.82 Å². The third-order valence-electron chi connectivity index (χ3n) is 5.43. The number of carbonyl (C=O) groups excluding carboxylic acids is 1. The van der Waals surface area contributed by atoms with E-state index in [2.05, 4.69) is 0 Å². The molecular formula is C22H19ClFNO3S. The van der Waals surface area contributed by atoms with Gasteiger partial charge < -0.3 is 9.67 Å². The maximum Gasteiger partial charge on any atom is 0.304 e. The Hall–Kier alpha value is -2.31. The van der Waals surface area contributed by atoms with E-state index in [1.165, 1.54) is 23.9 Å². The molecule has 3 aromatic rings. The first-order valence-corrected chi connectivity index (χ1v) is 10.9. The average molecular weight is 432 g/mol. The van der Waals surface area contributed by atoms with Gasteiger partial charge in [0.25, 0.3) is 0 Å². The molecule has 4 rings (SSSR count). The summed E-state index contributed by atoms with van der Waals surface area (Å²) in [6.07, 6.45) is 3.25. The summed E-state index contributed by atoms with van der Waals surface area (Å²) in [5.74, 6) is -1.76. The first-order chi connectivity index (χ1) is 13.9. The van der Waals surface area contributed by atoms with Crippen molar-refractivity contribution in [2.24, 2.45) is 0 Å². The molecule has 1 atom stereocenters. The summed E-state index contributed by atoms with van der Waals surface area (Å²) in [4.78, 5) is 25.7. The zero-order valence-corrected chi connectivity index (χ0v) is 17.3. The van der Waals surface area contributed by atoms with Gasteiger partial charge in [0.1, 0.15) is 5.82 Å². The topological polar surface area (TPSA) is 59.3 Å². The summed E-state index contributed by atoms with van der Waals surface area (Å²) in [5.41, 5.74) is 2.31. The summed E-state index contributed by atoms with van der Waals surface area (Å²) < 4.78 is 16.3. The van der Waals surface area contributed by atoms with E-state index in [1.54, 1.807) is 24.3 Å². The first kappa shape index (κ1) is 20.0. The molecule has 0 spiro atoms. The van der Waals surface area contributed by atoms with Crippen molar-refractivity contribution in [3.05, 3.63) is 64.1 Å². The number of nitrogens with zero attached hydrogens (tertiary/aromatic N) is 1. The van der Waals surface area contributed by atoms with Gasteiger partial charge in [-0.1, -0.05) is 11.6 Å². The van der Waals surface area contributed by atoms with E-state index in [0.717, 1.165) is 6.42 Å². The van der Waals surface area contributed by atoms with Crippen LogP contribution in [0.1, 0.15) is 46.8 Å². The highest BCUT2D eigenvalue weighted by Gasteiger charge is 2.33. The number of hydrogen-bond acceptors (Lipinski definition) is 3. The second kappa shape index (κ2) is 7.84. The van der Waals surface area contributed by atoms with Crippen LogP contribution in [0.25, 0.3) is 10.9 Å². The molecule has 29 heavy (non-hydrogen) atoms. The number of ketones is 1. The number of carboxylic acids is 1. The molecule has 0 unspecified atom stereocenters. The van der Waals surface area contributed by atoms with Crippen molar-refractivity contribution in [3.63, 3.8) is 0 Å². The van der Waals surface area contributed by atoms with Crippen molar-refractivity contribution in [1.82, 2.24) is 4.57 Å². The monoisotopic (exact) mass is 431 g/mol. The summed E-state index contributed by atoms with van der Waals surface area (Å²) in [7, 11) is 0. The fourth-order valence-electron chi connectivity index (χ4n) is 4.27. The standard InChI is InChI=1S/C22H19ClFNO3S/c1-29-17-11-15(24)10-16-19(17)20(22(28)12-4-6-14(23)7-5-12)21-13(9-18(26)27)3-2-8-25(16)21/h4-7,10-11,13H,2-3,8-9H2,1H3,(H,26,27)/t13-/m1/s1. The van der Waals surface area contributed by atoms with Gasteiger partial charge in [0, 0.05) is 39.0 Å². The Morgan fingerprint density at radius 2 is 2.00 bits per heavy atom. The van der Waals surface area contributed by atoms with Crippen LogP contribution in [0.4, 0.5) is 4.39 Å². The maximum atomic E-state index is 14.3. The largest absolute Gasteiger partial charge is 0.481 e. The smallest absolute Gasteiger partial charge is 0.304 e. The molecule has 0 fully saturated rings. The van der Waals surface area contributed by atoms with Crippen molar-refractivity contribution < 1.29 is 19.1 Å². The predicted octanol–water partition coefficient (Wildman–Crippen LogP) is 5.74. The second-order valence-electron chi connectivity index (χ2n) is 7.19. The second-order valence-corrected chi connectivity index (χ2v) is 8.47. The van der Waals surface area contributed by atoms with Gasteiger partial charge in [0.05, 0.1) is 17.5 Å². The van der Waals surface area contributed by atoms with Crippen LogP contribution in [0.3, 0.4) is 0 Å². The molecule has 2 aromatic carbocycles. The minimum Gasteiger partial charge on any atom is -0.481 e. The molecule has 0 saturated carbocycles. The number of carbonyl (C=O) groups is 2. The highest BCUT2D eigenvalue weighted by Crippen LogP contribution is 2.43. The lowest BCUT2D eigenvalue weighted by molar-refractivity contribution is -0.137. The van der Waals surface area contributed by atoms with Crippen LogP contribution in [0.2, 0.25) is 5.02 Å². The molecule has 0 aliphatic carbocycles. The van der Waals surface area contributed by atoms with Crippen molar-refractivity contribution >= 4 is 46.0 Å². The third-order valence-corrected chi connectivity index (χ3v) is 6.44. The van der Waals surface area contributed by atoms with Gasteiger partial charge in [-0.3, -0.25) is 9.59 Å². The number of rotatable bonds is 5. The van der Waals surface area contributed by atoms with E-state index in [4.69, 9.17) is 11.6 Å². The van der Waals surface area contributed by atoms with Gasteiger partial charge in [0.15, 0.2) is 5.78 Å². The first-order valence-electron chi connectivity index (χ1n) is 9.32. The van der Waals surface area contributed by atoms with E-state index in [0.29, 0.717) is 50.6 Å². The van der Waals surface area contributed by atoms with E-state index in [-0.39, 0.29) is 23.9 Å². The summed E-state index contributed by atoms with van der Waals surface area (Å²) >= 11 is 7.35.